The Hall–Kier alpha value is -2.90. The van der Waals surface area contributed by atoms with E-state index in [0.29, 0.717) is 23.0 Å². The number of aromatic nitrogens is 1. The van der Waals surface area contributed by atoms with Gasteiger partial charge in [-0.1, -0.05) is 32.0 Å². The Kier molecular flexibility index (Phi) is 8.03. The fourth-order valence-corrected chi connectivity index (χ4v) is 3.73. The SMILES string of the molecule is CCN(CC)CCN(Cc1cc2ccc(OC)cc2[nH]c1=O)C(=S)Nc1ccccc1. The van der Waals surface area contributed by atoms with Crippen molar-refractivity contribution >= 4 is 33.9 Å². The number of anilines is 1. The van der Waals surface area contributed by atoms with Gasteiger partial charge in [0.25, 0.3) is 5.56 Å². The third kappa shape index (κ3) is 6.06. The van der Waals surface area contributed by atoms with Crippen molar-refractivity contribution in [2.75, 3.05) is 38.6 Å². The van der Waals surface area contributed by atoms with Crippen molar-refractivity contribution in [3.63, 3.8) is 0 Å². The van der Waals surface area contributed by atoms with Gasteiger partial charge in [0, 0.05) is 30.4 Å². The summed E-state index contributed by atoms with van der Waals surface area (Å²) in [7, 11) is 1.61. The molecular weight excluding hydrogens is 408 g/mol. The molecule has 2 N–H and O–H groups in total. The molecule has 0 saturated carbocycles. The van der Waals surface area contributed by atoms with Gasteiger partial charge in [0.15, 0.2) is 5.11 Å². The van der Waals surface area contributed by atoms with Crippen LogP contribution >= 0.6 is 12.2 Å². The average molecular weight is 439 g/mol. The van der Waals surface area contributed by atoms with Gasteiger partial charge >= 0.3 is 0 Å². The molecule has 0 radical (unpaired) electrons. The van der Waals surface area contributed by atoms with E-state index in [1.54, 1.807) is 7.11 Å². The van der Waals surface area contributed by atoms with E-state index in [4.69, 9.17) is 17.0 Å². The summed E-state index contributed by atoms with van der Waals surface area (Å²) in [6.07, 6.45) is 0. The standard InChI is InChI=1S/C24H30N4O2S/c1-4-27(5-2)13-14-28(24(31)25-20-9-7-6-8-10-20)17-19-15-18-11-12-21(30-3)16-22(18)26-23(19)29/h6-12,15-16H,4-5,13-14,17H2,1-3H3,(H,25,31)(H,26,29). The minimum absolute atomic E-state index is 0.115. The van der Waals surface area contributed by atoms with Crippen molar-refractivity contribution < 1.29 is 4.74 Å². The molecule has 1 heterocycles. The highest BCUT2D eigenvalue weighted by molar-refractivity contribution is 7.80. The Morgan fingerprint density at radius 3 is 2.48 bits per heavy atom. The van der Waals surface area contributed by atoms with Crippen LogP contribution in [-0.4, -0.2) is 53.2 Å². The lowest BCUT2D eigenvalue weighted by Crippen LogP contribution is -2.41. The number of pyridine rings is 1. The van der Waals surface area contributed by atoms with Crippen LogP contribution in [0.4, 0.5) is 5.69 Å². The third-order valence-corrected chi connectivity index (χ3v) is 5.74. The van der Waals surface area contributed by atoms with E-state index in [1.807, 2.05) is 54.6 Å². The van der Waals surface area contributed by atoms with E-state index in [9.17, 15) is 4.79 Å². The van der Waals surface area contributed by atoms with Gasteiger partial charge in [0.2, 0.25) is 0 Å². The van der Waals surface area contributed by atoms with Crippen molar-refractivity contribution in [1.82, 2.24) is 14.8 Å². The summed E-state index contributed by atoms with van der Waals surface area (Å²) in [6, 6.07) is 17.5. The normalized spacial score (nSPS) is 11.0. The van der Waals surface area contributed by atoms with Gasteiger partial charge in [-0.2, -0.15) is 0 Å². The van der Waals surface area contributed by atoms with Gasteiger partial charge in [0.1, 0.15) is 5.75 Å². The second kappa shape index (κ2) is 10.9. The smallest absolute Gasteiger partial charge is 0.253 e. The number of aromatic amines is 1. The van der Waals surface area contributed by atoms with Crippen LogP contribution in [0.25, 0.3) is 10.9 Å². The zero-order chi connectivity index (χ0) is 22.2. The topological polar surface area (TPSA) is 60.6 Å². The first kappa shape index (κ1) is 22.8. The van der Waals surface area contributed by atoms with Crippen LogP contribution in [0.2, 0.25) is 0 Å². The molecule has 3 aromatic rings. The number of fused-ring (bicyclic) bond motifs is 1. The van der Waals surface area contributed by atoms with Crippen LogP contribution < -0.4 is 15.6 Å². The van der Waals surface area contributed by atoms with Gasteiger partial charge in [-0.3, -0.25) is 4.79 Å². The largest absolute Gasteiger partial charge is 0.497 e. The quantitative estimate of drug-likeness (QED) is 0.491. The molecule has 0 bridgehead atoms. The fourth-order valence-electron chi connectivity index (χ4n) is 3.45. The molecule has 0 unspecified atom stereocenters. The predicted molar refractivity (Wildman–Crippen MR) is 132 cm³/mol. The van der Waals surface area contributed by atoms with E-state index in [2.05, 4.69) is 33.9 Å². The average Bonchev–Trinajstić information content (AvgIpc) is 2.79. The number of methoxy groups -OCH3 is 1. The van der Waals surface area contributed by atoms with Gasteiger partial charge in [0.05, 0.1) is 19.2 Å². The predicted octanol–water partition coefficient (Wildman–Crippen LogP) is 4.08. The van der Waals surface area contributed by atoms with Crippen molar-refractivity contribution in [2.45, 2.75) is 20.4 Å². The number of rotatable bonds is 9. The Bertz CT molecular complexity index is 1060. The molecule has 0 aliphatic carbocycles. The number of hydrogen-bond acceptors (Lipinski definition) is 4. The highest BCUT2D eigenvalue weighted by Crippen LogP contribution is 2.19. The monoisotopic (exact) mass is 438 g/mol. The third-order valence-electron chi connectivity index (χ3n) is 5.38. The Morgan fingerprint density at radius 2 is 1.81 bits per heavy atom. The number of benzene rings is 2. The molecule has 0 atom stereocenters. The van der Waals surface area contributed by atoms with E-state index in [0.717, 1.165) is 42.8 Å². The van der Waals surface area contributed by atoms with Crippen molar-refractivity contribution in [3.8, 4) is 5.75 Å². The van der Waals surface area contributed by atoms with Crippen LogP contribution in [0.3, 0.4) is 0 Å². The maximum atomic E-state index is 12.8. The van der Waals surface area contributed by atoms with Crippen LogP contribution in [0.15, 0.2) is 59.4 Å². The summed E-state index contributed by atoms with van der Waals surface area (Å²) in [4.78, 5) is 20.2. The van der Waals surface area contributed by atoms with E-state index >= 15 is 0 Å². The molecule has 164 valence electrons. The molecule has 1 aromatic heterocycles. The van der Waals surface area contributed by atoms with Crippen LogP contribution in [0.5, 0.6) is 5.75 Å². The van der Waals surface area contributed by atoms with Crippen molar-refractivity contribution in [3.05, 3.63) is 70.5 Å². The van der Waals surface area contributed by atoms with E-state index in [-0.39, 0.29) is 5.56 Å². The highest BCUT2D eigenvalue weighted by atomic mass is 32.1. The minimum Gasteiger partial charge on any atom is -0.497 e. The lowest BCUT2D eigenvalue weighted by molar-refractivity contribution is 0.266. The van der Waals surface area contributed by atoms with E-state index in [1.165, 1.54) is 0 Å². The van der Waals surface area contributed by atoms with Crippen molar-refractivity contribution in [1.29, 1.82) is 0 Å². The van der Waals surface area contributed by atoms with Crippen molar-refractivity contribution in [2.24, 2.45) is 0 Å². The number of ether oxygens (including phenoxy) is 1. The first-order valence-corrected chi connectivity index (χ1v) is 11.0. The first-order valence-electron chi connectivity index (χ1n) is 10.6. The Balaban J connectivity index is 1.85. The molecule has 31 heavy (non-hydrogen) atoms. The molecule has 3 rings (SSSR count). The summed E-state index contributed by atoms with van der Waals surface area (Å²) in [6.45, 7) is 8.26. The molecule has 0 aliphatic rings. The summed E-state index contributed by atoms with van der Waals surface area (Å²) in [5.41, 5.74) is 2.25. The number of H-pyrrole nitrogens is 1. The van der Waals surface area contributed by atoms with Gasteiger partial charge in [-0.15, -0.1) is 0 Å². The molecule has 0 aliphatic heterocycles. The van der Waals surface area contributed by atoms with Gasteiger partial charge < -0.3 is 24.8 Å². The Morgan fingerprint density at radius 1 is 1.06 bits per heavy atom. The maximum absolute atomic E-state index is 12.8. The molecule has 0 fully saturated rings. The molecule has 0 saturated heterocycles. The number of nitrogens with one attached hydrogen (secondary N) is 2. The number of nitrogens with zero attached hydrogens (tertiary/aromatic N) is 2. The van der Waals surface area contributed by atoms with Crippen LogP contribution in [0, 0.1) is 0 Å². The molecule has 6 nitrogen and oxygen atoms in total. The molecule has 7 heteroatoms. The minimum atomic E-state index is -0.115. The maximum Gasteiger partial charge on any atom is 0.253 e. The molecule has 0 spiro atoms. The van der Waals surface area contributed by atoms with Crippen LogP contribution in [0.1, 0.15) is 19.4 Å². The number of para-hydroxylation sites is 1. The molecular formula is C24H30N4O2S. The number of likely N-dealkylation sites (N-methyl/N-ethyl adjacent to an activating group) is 1. The number of thiocarbonyl (C=S) groups is 1. The van der Waals surface area contributed by atoms with Crippen LogP contribution in [-0.2, 0) is 6.54 Å². The molecule has 0 amide bonds. The summed E-state index contributed by atoms with van der Waals surface area (Å²) >= 11 is 5.72. The zero-order valence-corrected chi connectivity index (χ0v) is 19.2. The van der Waals surface area contributed by atoms with Gasteiger partial charge in [-0.05, 0) is 61.0 Å². The lowest BCUT2D eigenvalue weighted by atomic mass is 10.1. The van der Waals surface area contributed by atoms with E-state index < -0.39 is 0 Å². The summed E-state index contributed by atoms with van der Waals surface area (Å²) < 4.78 is 5.26. The lowest BCUT2D eigenvalue weighted by Gasteiger charge is -2.28. The first-order chi connectivity index (χ1) is 15.0. The summed E-state index contributed by atoms with van der Waals surface area (Å²) in [5, 5.41) is 4.87. The Labute approximate surface area is 188 Å². The fraction of sp³-hybridized carbons (Fsp3) is 0.333. The second-order valence-corrected chi connectivity index (χ2v) is 7.71. The second-order valence-electron chi connectivity index (χ2n) is 7.32. The number of hydrogen-bond donors (Lipinski definition) is 2. The highest BCUT2D eigenvalue weighted by Gasteiger charge is 2.15. The molecule has 2 aromatic carbocycles. The van der Waals surface area contributed by atoms with Gasteiger partial charge in [-0.25, -0.2) is 0 Å². The summed E-state index contributed by atoms with van der Waals surface area (Å²) in [5.74, 6) is 0.713. The zero-order valence-electron chi connectivity index (χ0n) is 18.4.